The maximum absolute atomic E-state index is 14.2. The summed E-state index contributed by atoms with van der Waals surface area (Å²) in [5, 5.41) is 6.44. The zero-order valence-corrected chi connectivity index (χ0v) is 17.6. The monoisotopic (exact) mass is 473 g/mol. The maximum Gasteiger partial charge on any atom is 0.417 e. The predicted molar refractivity (Wildman–Crippen MR) is 106 cm³/mol. The van der Waals surface area contributed by atoms with Crippen LogP contribution in [0.3, 0.4) is 0 Å². The van der Waals surface area contributed by atoms with Crippen LogP contribution in [-0.2, 0) is 15.7 Å². The highest BCUT2D eigenvalue weighted by Crippen LogP contribution is 2.33. The quantitative estimate of drug-likeness (QED) is 0.562. The number of carbonyl (C=O) groups excluding carboxylic acids is 3. The summed E-state index contributed by atoms with van der Waals surface area (Å²) < 4.78 is 72.8. The fraction of sp³-hybridized carbons (Fsp3) is 0.286. The van der Waals surface area contributed by atoms with Crippen LogP contribution in [0.25, 0.3) is 0 Å². The Kier molecular flexibility index (Phi) is 7.96. The third-order valence-electron chi connectivity index (χ3n) is 4.70. The highest BCUT2D eigenvalue weighted by atomic mass is 19.4. The van der Waals surface area contributed by atoms with Crippen molar-refractivity contribution in [1.29, 1.82) is 0 Å². The largest absolute Gasteiger partial charge is 0.439 e. The van der Waals surface area contributed by atoms with Gasteiger partial charge in [-0.05, 0) is 36.8 Å². The zero-order valence-electron chi connectivity index (χ0n) is 17.6. The Morgan fingerprint density at radius 3 is 2.24 bits per heavy atom. The molecule has 0 radical (unpaired) electrons. The molecule has 0 aromatic heterocycles. The molecular weight excluding hydrogens is 453 g/mol. The van der Waals surface area contributed by atoms with Gasteiger partial charge in [-0.25, -0.2) is 13.6 Å². The van der Waals surface area contributed by atoms with Crippen LogP contribution in [0.1, 0.15) is 33.2 Å². The Bertz CT molecular complexity index is 1060. The van der Waals surface area contributed by atoms with Crippen LogP contribution < -0.4 is 16.0 Å². The molecule has 2 aromatic rings. The van der Waals surface area contributed by atoms with Crippen LogP contribution in [0.2, 0.25) is 0 Å². The first-order valence-electron chi connectivity index (χ1n) is 9.43. The molecule has 12 heteroatoms. The topological polar surface area (TPSA) is 96.5 Å². The average Bonchev–Trinajstić information content (AvgIpc) is 2.76. The Hall–Kier alpha value is -3.70. The van der Waals surface area contributed by atoms with E-state index in [1.807, 2.05) is 0 Å². The number of ether oxygens (including phenoxy) is 1. The summed E-state index contributed by atoms with van der Waals surface area (Å²) in [6.45, 7) is 1.33. The van der Waals surface area contributed by atoms with E-state index in [4.69, 9.17) is 4.74 Å². The number of nitrogens with one attached hydrogen (secondary N) is 3. The van der Waals surface area contributed by atoms with Crippen molar-refractivity contribution in [3.05, 3.63) is 70.3 Å². The van der Waals surface area contributed by atoms with E-state index in [0.29, 0.717) is 12.1 Å². The van der Waals surface area contributed by atoms with Gasteiger partial charge in [-0.15, -0.1) is 0 Å². The molecule has 0 heterocycles. The van der Waals surface area contributed by atoms with Gasteiger partial charge in [0.2, 0.25) is 5.91 Å². The molecule has 178 valence electrons. The van der Waals surface area contributed by atoms with Crippen molar-refractivity contribution in [2.24, 2.45) is 0 Å². The van der Waals surface area contributed by atoms with Gasteiger partial charge >= 0.3 is 12.3 Å². The van der Waals surface area contributed by atoms with Gasteiger partial charge < -0.3 is 20.7 Å². The Morgan fingerprint density at radius 1 is 1.00 bits per heavy atom. The molecule has 0 aliphatic rings. The molecule has 0 aliphatic carbocycles. The lowest BCUT2D eigenvalue weighted by Crippen LogP contribution is -2.51. The van der Waals surface area contributed by atoms with Crippen molar-refractivity contribution in [2.75, 3.05) is 14.1 Å². The van der Waals surface area contributed by atoms with Crippen LogP contribution in [0.5, 0.6) is 0 Å². The van der Waals surface area contributed by atoms with Crippen molar-refractivity contribution in [3.8, 4) is 0 Å². The van der Waals surface area contributed by atoms with E-state index in [1.165, 1.54) is 33.2 Å². The van der Waals surface area contributed by atoms with Crippen LogP contribution >= 0.6 is 0 Å². The van der Waals surface area contributed by atoms with E-state index in [0.717, 1.165) is 6.07 Å². The van der Waals surface area contributed by atoms with Crippen LogP contribution in [0.15, 0.2) is 36.4 Å². The number of hydrogen-bond acceptors (Lipinski definition) is 4. The van der Waals surface area contributed by atoms with Crippen LogP contribution in [0.4, 0.5) is 26.7 Å². The first-order valence-corrected chi connectivity index (χ1v) is 9.43. The lowest BCUT2D eigenvalue weighted by molar-refractivity contribution is -0.138. The summed E-state index contributed by atoms with van der Waals surface area (Å²) in [7, 11) is 2.38. The third kappa shape index (κ3) is 5.96. The van der Waals surface area contributed by atoms with E-state index in [1.54, 1.807) is 0 Å². The number of likely N-dealkylation sites (N-methyl/N-ethyl adjacent to an activating group) is 1. The zero-order chi connectivity index (χ0) is 24.9. The summed E-state index contributed by atoms with van der Waals surface area (Å²) in [5.41, 5.74) is -2.57. The second kappa shape index (κ2) is 10.3. The van der Waals surface area contributed by atoms with Gasteiger partial charge in [-0.1, -0.05) is 12.1 Å². The second-order valence-electron chi connectivity index (χ2n) is 6.78. The van der Waals surface area contributed by atoms with Gasteiger partial charge in [0.15, 0.2) is 6.10 Å². The summed E-state index contributed by atoms with van der Waals surface area (Å²) in [5.74, 6) is -4.28. The lowest BCUT2D eigenvalue weighted by Gasteiger charge is -2.28. The second-order valence-corrected chi connectivity index (χ2v) is 6.78. The van der Waals surface area contributed by atoms with Crippen LogP contribution in [0, 0.1) is 18.6 Å². The molecule has 0 fully saturated rings. The molecule has 3 amide bonds. The molecule has 0 aliphatic heterocycles. The van der Waals surface area contributed by atoms with E-state index in [2.05, 4.69) is 16.0 Å². The average molecular weight is 473 g/mol. The number of hydrogen-bond donors (Lipinski definition) is 3. The Balaban J connectivity index is 2.57. The molecule has 2 aromatic carbocycles. The number of carbonyl (C=O) groups is 3. The molecule has 3 N–H and O–H groups in total. The molecule has 2 atom stereocenters. The van der Waals surface area contributed by atoms with Gasteiger partial charge in [0.25, 0.3) is 5.91 Å². The minimum absolute atomic E-state index is 0.0114. The maximum atomic E-state index is 14.2. The number of rotatable bonds is 6. The molecular formula is C21H20F5N3O4. The van der Waals surface area contributed by atoms with Crippen molar-refractivity contribution in [3.63, 3.8) is 0 Å². The first kappa shape index (κ1) is 25.6. The standard InChI is InChI=1S/C21H20F5N3O4/c1-10-12(5-4-6-15(10)23)17(33-20(32)28-3)16(19(31)27-2)29-18(30)13-8-7-11(22)9-14(13)21(24,25)26/h4-9,16-17H,1-3H3,(H,27,31)(H,28,32)(H,29,30). The molecule has 2 rings (SSSR count). The summed E-state index contributed by atoms with van der Waals surface area (Å²) in [4.78, 5) is 37.3. The number of alkyl carbamates (subject to hydrolysis) is 1. The normalized spacial score (nSPS) is 13.0. The van der Waals surface area contributed by atoms with Crippen molar-refractivity contribution >= 4 is 17.9 Å². The Morgan fingerprint density at radius 2 is 1.67 bits per heavy atom. The molecule has 0 saturated carbocycles. The number of alkyl halides is 3. The van der Waals surface area contributed by atoms with E-state index in [9.17, 15) is 36.3 Å². The van der Waals surface area contributed by atoms with Gasteiger partial charge in [0.1, 0.15) is 17.7 Å². The van der Waals surface area contributed by atoms with Gasteiger partial charge in [0, 0.05) is 19.7 Å². The minimum Gasteiger partial charge on any atom is -0.439 e. The van der Waals surface area contributed by atoms with Gasteiger partial charge in [0.05, 0.1) is 11.1 Å². The SMILES string of the molecule is CNC(=O)OC(c1cccc(F)c1C)C(NC(=O)c1ccc(F)cc1C(F)(F)F)C(=O)NC. The fourth-order valence-corrected chi connectivity index (χ4v) is 3.02. The fourth-order valence-electron chi connectivity index (χ4n) is 3.02. The number of halogens is 5. The van der Waals surface area contributed by atoms with Crippen molar-refractivity contribution in [1.82, 2.24) is 16.0 Å². The van der Waals surface area contributed by atoms with Crippen molar-refractivity contribution in [2.45, 2.75) is 25.2 Å². The molecule has 0 saturated heterocycles. The highest BCUT2D eigenvalue weighted by molar-refractivity contribution is 5.99. The smallest absolute Gasteiger partial charge is 0.417 e. The van der Waals surface area contributed by atoms with Crippen LogP contribution in [-0.4, -0.2) is 38.0 Å². The number of benzene rings is 2. The highest BCUT2D eigenvalue weighted by Gasteiger charge is 2.39. The minimum atomic E-state index is -5.07. The Labute approximate surface area is 185 Å². The van der Waals surface area contributed by atoms with Gasteiger partial charge in [-0.2, -0.15) is 13.2 Å². The molecule has 33 heavy (non-hydrogen) atoms. The van der Waals surface area contributed by atoms with E-state index < -0.39 is 59.0 Å². The summed E-state index contributed by atoms with van der Waals surface area (Å²) in [6.07, 6.45) is -7.75. The lowest BCUT2D eigenvalue weighted by atomic mass is 9.96. The molecule has 0 bridgehead atoms. The first-order chi connectivity index (χ1) is 15.4. The van der Waals surface area contributed by atoms with E-state index in [-0.39, 0.29) is 17.2 Å². The molecule has 2 unspecified atom stereocenters. The molecule has 7 nitrogen and oxygen atoms in total. The summed E-state index contributed by atoms with van der Waals surface area (Å²) >= 11 is 0. The third-order valence-corrected chi connectivity index (χ3v) is 4.70. The van der Waals surface area contributed by atoms with E-state index >= 15 is 0 Å². The summed E-state index contributed by atoms with van der Waals surface area (Å²) in [6, 6.07) is 3.32. The van der Waals surface area contributed by atoms with Gasteiger partial charge in [-0.3, -0.25) is 9.59 Å². The number of amides is 3. The predicted octanol–water partition coefficient (Wildman–Crippen LogP) is 3.23. The molecule has 0 spiro atoms. The van der Waals surface area contributed by atoms with Crippen molar-refractivity contribution < 1.29 is 41.1 Å².